The minimum Gasteiger partial charge on any atom is -0.444 e. The van der Waals surface area contributed by atoms with E-state index in [-0.39, 0.29) is 23.8 Å². The van der Waals surface area contributed by atoms with E-state index >= 15 is 0 Å². The molecule has 1 saturated carbocycles. The molecule has 5 aliphatic rings. The molecule has 3 amide bonds. The first-order valence-electron chi connectivity index (χ1n) is 15.9. The van der Waals surface area contributed by atoms with Crippen LogP contribution in [0.1, 0.15) is 87.6 Å². The van der Waals surface area contributed by atoms with Crippen molar-refractivity contribution in [2.75, 3.05) is 39.4 Å². The molecule has 44 heavy (non-hydrogen) atoms. The summed E-state index contributed by atoms with van der Waals surface area (Å²) < 4.78 is 17.9. The second-order valence-electron chi connectivity index (χ2n) is 15.3. The SMILES string of the molecule is Cc1nc(C)c(C(=O)N2C[C@@H](C(=O)N[C@@H]([C@@H](C)OCC34CCC(CC3)OC4)C(C)(C)O)C3(CN(C(=O)OC(C)(C)C)C3)C2)s1. The lowest BCUT2D eigenvalue weighted by molar-refractivity contribution is -0.159. The number of nitrogens with one attached hydrogen (secondary N) is 1. The molecule has 5 heterocycles. The van der Waals surface area contributed by atoms with Gasteiger partial charge in [-0.3, -0.25) is 9.59 Å². The summed E-state index contributed by atoms with van der Waals surface area (Å²) in [7, 11) is 0. The minimum absolute atomic E-state index is 0.0161. The first-order valence-corrected chi connectivity index (χ1v) is 16.7. The molecule has 5 fully saturated rings. The van der Waals surface area contributed by atoms with Crippen molar-refractivity contribution in [2.45, 2.75) is 111 Å². The van der Waals surface area contributed by atoms with Crippen molar-refractivity contribution < 1.29 is 33.7 Å². The number of fused-ring (bicyclic) bond motifs is 3. The quantitative estimate of drug-likeness (QED) is 0.443. The molecule has 6 rings (SSSR count). The molecule has 4 aliphatic heterocycles. The highest BCUT2D eigenvalue weighted by Gasteiger charge is 2.60. The van der Waals surface area contributed by atoms with Gasteiger partial charge in [0, 0.05) is 37.0 Å². The van der Waals surface area contributed by atoms with Crippen molar-refractivity contribution in [3.8, 4) is 0 Å². The molecule has 2 bridgehead atoms. The van der Waals surface area contributed by atoms with Crippen molar-refractivity contribution in [1.29, 1.82) is 0 Å². The third kappa shape index (κ3) is 6.78. The Hall–Kier alpha value is -2.28. The van der Waals surface area contributed by atoms with Crippen LogP contribution in [-0.2, 0) is 19.0 Å². The molecule has 0 aromatic carbocycles. The summed E-state index contributed by atoms with van der Waals surface area (Å²) in [6.07, 6.45) is 3.68. The molecular weight excluding hydrogens is 584 g/mol. The monoisotopic (exact) mass is 634 g/mol. The lowest BCUT2D eigenvalue weighted by atomic mass is 9.71. The van der Waals surface area contributed by atoms with Gasteiger partial charge in [0.2, 0.25) is 5.91 Å². The maximum Gasteiger partial charge on any atom is 0.410 e. The van der Waals surface area contributed by atoms with Crippen LogP contribution in [0.5, 0.6) is 0 Å². The third-order valence-corrected chi connectivity index (χ3v) is 10.9. The molecule has 1 aliphatic carbocycles. The number of hydrogen-bond acceptors (Lipinski definition) is 9. The normalized spacial score (nSPS) is 27.7. The van der Waals surface area contributed by atoms with Gasteiger partial charge in [-0.05, 0) is 81.1 Å². The summed E-state index contributed by atoms with van der Waals surface area (Å²) in [6, 6.07) is -0.692. The summed E-state index contributed by atoms with van der Waals surface area (Å²) in [5.74, 6) is -1.00. The van der Waals surface area contributed by atoms with Gasteiger partial charge in [-0.15, -0.1) is 11.3 Å². The van der Waals surface area contributed by atoms with Gasteiger partial charge in [-0.1, -0.05) is 0 Å². The molecule has 2 N–H and O–H groups in total. The largest absolute Gasteiger partial charge is 0.444 e. The van der Waals surface area contributed by atoms with Gasteiger partial charge in [-0.2, -0.15) is 0 Å². The van der Waals surface area contributed by atoms with E-state index in [1.807, 2.05) is 41.5 Å². The standard InChI is InChI=1S/C32H50N4O7S/c1-19-24(44-21(3)33-19)27(38)35-13-23(32(14-35)15-36(16-32)28(39)43-29(4,5)6)26(37)34-25(30(7,8)40)20(2)41-17-31-11-9-22(10-12-31)42-18-31/h20,22-23,25,40H,9-18H2,1-8H3,(H,34,37)/t20-,22?,23+,25+,31?/m1/s1. The Morgan fingerprint density at radius 1 is 1.11 bits per heavy atom. The van der Waals surface area contributed by atoms with Crippen LogP contribution >= 0.6 is 11.3 Å². The van der Waals surface area contributed by atoms with Crippen molar-refractivity contribution in [3.05, 3.63) is 15.6 Å². The predicted molar refractivity (Wildman–Crippen MR) is 166 cm³/mol. The van der Waals surface area contributed by atoms with E-state index in [0.29, 0.717) is 49.5 Å². The highest BCUT2D eigenvalue weighted by molar-refractivity contribution is 7.13. The molecule has 1 aromatic rings. The van der Waals surface area contributed by atoms with Crippen LogP contribution in [0.15, 0.2) is 0 Å². The fourth-order valence-corrected chi connectivity index (χ4v) is 8.26. The summed E-state index contributed by atoms with van der Waals surface area (Å²) in [6.45, 7) is 16.7. The number of aliphatic hydroxyl groups is 1. The van der Waals surface area contributed by atoms with Gasteiger partial charge in [0.1, 0.15) is 10.5 Å². The zero-order valence-electron chi connectivity index (χ0n) is 27.5. The van der Waals surface area contributed by atoms with E-state index in [2.05, 4.69) is 10.3 Å². The lowest BCUT2D eigenvalue weighted by Crippen LogP contribution is -2.66. The number of nitrogens with zero attached hydrogens (tertiary/aromatic N) is 3. The highest BCUT2D eigenvalue weighted by Crippen LogP contribution is 2.46. The number of likely N-dealkylation sites (tertiary alicyclic amines) is 2. The summed E-state index contributed by atoms with van der Waals surface area (Å²) >= 11 is 1.35. The zero-order chi connectivity index (χ0) is 32.2. The molecule has 4 saturated heterocycles. The summed E-state index contributed by atoms with van der Waals surface area (Å²) in [4.78, 5) is 49.0. The molecule has 0 radical (unpaired) electrons. The fourth-order valence-electron chi connectivity index (χ4n) is 7.37. The molecular formula is C32H50N4O7S. The molecule has 246 valence electrons. The zero-order valence-corrected chi connectivity index (χ0v) is 28.3. The third-order valence-electron chi connectivity index (χ3n) is 9.81. The fraction of sp³-hybridized carbons (Fsp3) is 0.812. The number of amides is 3. The van der Waals surface area contributed by atoms with Crippen LogP contribution in [0.2, 0.25) is 0 Å². The van der Waals surface area contributed by atoms with Crippen LogP contribution in [0.4, 0.5) is 4.79 Å². The van der Waals surface area contributed by atoms with Crippen molar-refractivity contribution in [1.82, 2.24) is 20.1 Å². The van der Waals surface area contributed by atoms with Gasteiger partial charge < -0.3 is 34.4 Å². The van der Waals surface area contributed by atoms with E-state index in [0.717, 1.165) is 30.7 Å². The van der Waals surface area contributed by atoms with Crippen molar-refractivity contribution >= 4 is 29.2 Å². The Labute approximate surface area is 265 Å². The number of hydrogen-bond donors (Lipinski definition) is 2. The smallest absolute Gasteiger partial charge is 0.410 e. The first kappa shape index (κ1) is 33.1. The lowest BCUT2D eigenvalue weighted by Gasteiger charge is -2.50. The predicted octanol–water partition coefficient (Wildman–Crippen LogP) is 3.69. The number of thiazole rings is 1. The van der Waals surface area contributed by atoms with Gasteiger partial charge in [0.05, 0.1) is 53.7 Å². The highest BCUT2D eigenvalue weighted by atomic mass is 32.1. The van der Waals surface area contributed by atoms with E-state index in [9.17, 15) is 19.5 Å². The Bertz CT molecular complexity index is 1240. The molecule has 0 unspecified atom stereocenters. The van der Waals surface area contributed by atoms with Crippen LogP contribution < -0.4 is 5.32 Å². The van der Waals surface area contributed by atoms with E-state index in [1.165, 1.54) is 11.3 Å². The second kappa shape index (κ2) is 11.8. The molecule has 12 heteroatoms. The molecule has 3 atom stereocenters. The van der Waals surface area contributed by atoms with Gasteiger partial charge in [0.25, 0.3) is 5.91 Å². The number of carbonyl (C=O) groups excluding carboxylic acids is 3. The topological polar surface area (TPSA) is 131 Å². The molecule has 1 aromatic heterocycles. The molecule has 1 spiro atoms. The summed E-state index contributed by atoms with van der Waals surface area (Å²) in [5.41, 5.74) is -1.89. The Balaban J connectivity index is 1.32. The van der Waals surface area contributed by atoms with Crippen molar-refractivity contribution in [2.24, 2.45) is 16.7 Å². The van der Waals surface area contributed by atoms with Crippen LogP contribution in [-0.4, -0.2) is 107 Å². The van der Waals surface area contributed by atoms with E-state index < -0.39 is 40.8 Å². The minimum atomic E-state index is -1.27. The number of ether oxygens (including phenoxy) is 3. The van der Waals surface area contributed by atoms with E-state index in [1.54, 1.807) is 23.6 Å². The first-order chi connectivity index (χ1) is 20.4. The van der Waals surface area contributed by atoms with Crippen molar-refractivity contribution in [3.63, 3.8) is 0 Å². The average molecular weight is 635 g/mol. The number of aromatic nitrogens is 1. The van der Waals surface area contributed by atoms with Crippen LogP contribution in [0, 0.1) is 30.6 Å². The number of aryl methyl sites for hydroxylation is 2. The van der Waals surface area contributed by atoms with Crippen LogP contribution in [0.25, 0.3) is 0 Å². The maximum absolute atomic E-state index is 14.1. The van der Waals surface area contributed by atoms with Gasteiger partial charge in [-0.25, -0.2) is 9.78 Å². The maximum atomic E-state index is 14.1. The van der Waals surface area contributed by atoms with Gasteiger partial charge >= 0.3 is 6.09 Å². The Morgan fingerprint density at radius 3 is 2.27 bits per heavy atom. The second-order valence-corrected chi connectivity index (χ2v) is 16.5. The number of rotatable bonds is 8. The van der Waals surface area contributed by atoms with Gasteiger partial charge in [0.15, 0.2) is 0 Å². The average Bonchev–Trinajstić information content (AvgIpc) is 3.48. The Morgan fingerprint density at radius 2 is 1.75 bits per heavy atom. The molecule has 11 nitrogen and oxygen atoms in total. The van der Waals surface area contributed by atoms with Crippen LogP contribution in [0.3, 0.4) is 0 Å². The Kier molecular flexibility index (Phi) is 8.89. The summed E-state index contributed by atoms with van der Waals surface area (Å²) in [5, 5.41) is 15.1. The number of carbonyl (C=O) groups is 3. The van der Waals surface area contributed by atoms with E-state index in [4.69, 9.17) is 14.2 Å².